The fourth-order valence-electron chi connectivity index (χ4n) is 2.74. The number of hydrogen-bond donors (Lipinski definition) is 3. The van der Waals surface area contributed by atoms with Crippen LogP contribution in [0.15, 0.2) is 36.5 Å². The number of nitrogens with one attached hydrogen (secondary N) is 2. The van der Waals surface area contributed by atoms with E-state index >= 15 is 0 Å². The summed E-state index contributed by atoms with van der Waals surface area (Å²) in [6.07, 6.45) is 4.06. The monoisotopic (exact) mass is 369 g/mol. The average molecular weight is 369 g/mol. The van der Waals surface area contributed by atoms with Crippen LogP contribution in [0.5, 0.6) is 0 Å². The summed E-state index contributed by atoms with van der Waals surface area (Å²) in [5.41, 5.74) is 6.65. The van der Waals surface area contributed by atoms with Gasteiger partial charge in [0.2, 0.25) is 5.91 Å². The number of rotatable bonds is 7. The highest BCUT2D eigenvalue weighted by Crippen LogP contribution is 2.09. The molecular weight excluding hydrogens is 342 g/mol. The quantitative estimate of drug-likeness (QED) is 0.627. The maximum absolute atomic E-state index is 12.5. The van der Waals surface area contributed by atoms with Crippen LogP contribution in [0.1, 0.15) is 31.9 Å². The minimum Gasteiger partial charge on any atom is -0.459 e. The molecule has 144 valence electrons. The van der Waals surface area contributed by atoms with Crippen molar-refractivity contribution in [3.63, 3.8) is 0 Å². The lowest BCUT2D eigenvalue weighted by Crippen LogP contribution is -2.55. The van der Waals surface area contributed by atoms with Crippen molar-refractivity contribution >= 4 is 24.5 Å². The third-order valence-electron chi connectivity index (χ3n) is 4.32. The molecule has 0 saturated heterocycles. The Hall–Kier alpha value is -2.86. The number of ether oxygens (including phenoxy) is 1. The van der Waals surface area contributed by atoms with Gasteiger partial charge >= 0.3 is 5.97 Å². The summed E-state index contributed by atoms with van der Waals surface area (Å²) >= 11 is 0. The van der Waals surface area contributed by atoms with E-state index in [0.29, 0.717) is 6.42 Å². The maximum atomic E-state index is 12.5. The van der Waals surface area contributed by atoms with Gasteiger partial charge in [-0.2, -0.15) is 0 Å². The van der Waals surface area contributed by atoms with Crippen LogP contribution in [0, 0.1) is 0 Å². The van der Waals surface area contributed by atoms with Gasteiger partial charge in [-0.3, -0.25) is 4.79 Å². The van der Waals surface area contributed by atoms with Crippen LogP contribution < -0.4 is 21.6 Å². The molecule has 1 aromatic carbocycles. The second-order valence-electron chi connectivity index (χ2n) is 6.98. The number of benzene rings is 1. The van der Waals surface area contributed by atoms with Crippen molar-refractivity contribution in [1.29, 1.82) is 0 Å². The van der Waals surface area contributed by atoms with E-state index in [1.54, 1.807) is 20.0 Å². The summed E-state index contributed by atoms with van der Waals surface area (Å²) < 4.78 is 5.32. The molecule has 1 aromatic heterocycles. The molecule has 0 radical (unpaired) electrons. The van der Waals surface area contributed by atoms with Crippen LogP contribution in [0.4, 0.5) is 0 Å². The minimum atomic E-state index is -1.18. The normalized spacial score (nSPS) is 13.3. The van der Waals surface area contributed by atoms with E-state index in [4.69, 9.17) is 10.5 Å². The molecule has 6 heteroatoms. The SMILES string of the molecule is C=c1[nH]cc(CC(N)C(=O)NC(C)(C)C(=O)OCc2ccccc2)c1=CC. The summed E-state index contributed by atoms with van der Waals surface area (Å²) in [6, 6.07) is 8.57. The van der Waals surface area contributed by atoms with E-state index < -0.39 is 23.5 Å². The number of nitrogens with two attached hydrogens (primary N) is 1. The van der Waals surface area contributed by atoms with E-state index in [2.05, 4.69) is 16.9 Å². The highest BCUT2D eigenvalue weighted by Gasteiger charge is 2.33. The Balaban J connectivity index is 1.95. The molecule has 0 aliphatic heterocycles. The number of aromatic amines is 1. The molecule has 4 N–H and O–H groups in total. The Kier molecular flexibility index (Phi) is 6.58. The van der Waals surface area contributed by atoms with Gasteiger partial charge in [0.25, 0.3) is 0 Å². The first-order chi connectivity index (χ1) is 12.7. The van der Waals surface area contributed by atoms with Crippen LogP contribution in [-0.4, -0.2) is 28.4 Å². The maximum Gasteiger partial charge on any atom is 0.331 e. The lowest BCUT2D eigenvalue weighted by atomic mass is 10.0. The zero-order valence-corrected chi connectivity index (χ0v) is 16.0. The molecule has 1 amide bonds. The van der Waals surface area contributed by atoms with E-state index in [1.807, 2.05) is 43.3 Å². The molecule has 2 aromatic rings. The van der Waals surface area contributed by atoms with Gasteiger partial charge in [-0.15, -0.1) is 0 Å². The fraction of sp³-hybridized carbons (Fsp3) is 0.333. The molecule has 0 spiro atoms. The van der Waals surface area contributed by atoms with Crippen LogP contribution in [0.25, 0.3) is 12.7 Å². The Morgan fingerprint density at radius 3 is 2.63 bits per heavy atom. The predicted molar refractivity (Wildman–Crippen MR) is 106 cm³/mol. The lowest BCUT2D eigenvalue weighted by molar-refractivity contribution is -0.153. The van der Waals surface area contributed by atoms with Gasteiger partial charge in [0, 0.05) is 11.5 Å². The molecule has 0 aliphatic carbocycles. The molecule has 6 nitrogen and oxygen atoms in total. The number of esters is 1. The number of hydrogen-bond acceptors (Lipinski definition) is 4. The van der Waals surface area contributed by atoms with Gasteiger partial charge in [-0.05, 0) is 43.5 Å². The lowest BCUT2D eigenvalue weighted by Gasteiger charge is -2.25. The highest BCUT2D eigenvalue weighted by molar-refractivity contribution is 5.89. The highest BCUT2D eigenvalue weighted by atomic mass is 16.5. The summed E-state index contributed by atoms with van der Waals surface area (Å²) in [4.78, 5) is 27.9. The summed E-state index contributed by atoms with van der Waals surface area (Å²) in [5.74, 6) is -0.929. The van der Waals surface area contributed by atoms with Gasteiger partial charge in [0.05, 0.1) is 6.04 Å². The van der Waals surface area contributed by atoms with E-state index in [1.165, 1.54) is 0 Å². The van der Waals surface area contributed by atoms with Crippen LogP contribution in [0.2, 0.25) is 0 Å². The van der Waals surface area contributed by atoms with Gasteiger partial charge in [-0.1, -0.05) is 43.0 Å². The second kappa shape index (κ2) is 8.68. The Labute approximate surface area is 159 Å². The largest absolute Gasteiger partial charge is 0.459 e. The smallest absolute Gasteiger partial charge is 0.331 e. The number of carbonyl (C=O) groups is 2. The Morgan fingerprint density at radius 1 is 1.33 bits per heavy atom. The molecule has 1 heterocycles. The van der Waals surface area contributed by atoms with Crippen molar-refractivity contribution in [1.82, 2.24) is 10.3 Å². The van der Waals surface area contributed by atoms with Crippen molar-refractivity contribution in [3.8, 4) is 0 Å². The van der Waals surface area contributed by atoms with Gasteiger partial charge in [0.15, 0.2) is 0 Å². The second-order valence-corrected chi connectivity index (χ2v) is 6.98. The fourth-order valence-corrected chi connectivity index (χ4v) is 2.74. The van der Waals surface area contributed by atoms with Crippen molar-refractivity contribution in [3.05, 3.63) is 58.2 Å². The molecule has 0 fully saturated rings. The van der Waals surface area contributed by atoms with Crippen LogP contribution in [-0.2, 0) is 27.4 Å². The molecule has 2 rings (SSSR count). The number of aromatic nitrogens is 1. The van der Waals surface area contributed by atoms with Crippen LogP contribution in [0.3, 0.4) is 0 Å². The van der Waals surface area contributed by atoms with Crippen LogP contribution >= 0.6 is 0 Å². The third-order valence-corrected chi connectivity index (χ3v) is 4.32. The molecule has 27 heavy (non-hydrogen) atoms. The van der Waals surface area contributed by atoms with E-state index in [0.717, 1.165) is 21.7 Å². The number of carbonyl (C=O) groups excluding carboxylic acids is 2. The number of H-pyrrole nitrogens is 1. The van der Waals surface area contributed by atoms with Crippen molar-refractivity contribution < 1.29 is 14.3 Å². The first kappa shape index (κ1) is 20.5. The van der Waals surface area contributed by atoms with Gasteiger partial charge in [-0.25, -0.2) is 4.79 Å². The van der Waals surface area contributed by atoms with E-state index in [9.17, 15) is 9.59 Å². The summed E-state index contributed by atoms with van der Waals surface area (Å²) in [5, 5.41) is 4.41. The molecule has 0 saturated carbocycles. The minimum absolute atomic E-state index is 0.149. The first-order valence-corrected chi connectivity index (χ1v) is 8.85. The third kappa shape index (κ3) is 5.31. The van der Waals surface area contributed by atoms with E-state index in [-0.39, 0.29) is 6.61 Å². The molecule has 0 bridgehead atoms. The van der Waals surface area contributed by atoms with Crippen molar-refractivity contribution in [2.45, 2.75) is 45.4 Å². The topological polar surface area (TPSA) is 97.2 Å². The average Bonchev–Trinajstić information content (AvgIpc) is 2.99. The zero-order chi connectivity index (χ0) is 20.0. The zero-order valence-electron chi connectivity index (χ0n) is 16.0. The molecule has 0 aliphatic rings. The van der Waals surface area contributed by atoms with Crippen molar-refractivity contribution in [2.75, 3.05) is 0 Å². The van der Waals surface area contributed by atoms with Gasteiger partial charge in [0.1, 0.15) is 12.1 Å². The standard InChI is InChI=1S/C21H27N3O3/c1-5-17-14(2)23-12-16(17)11-18(22)19(25)24-21(3,4)20(26)27-13-15-9-7-6-8-10-15/h5-10,12,18,23H,2,11,13,22H2,1,3-4H3,(H,24,25). The molecular formula is C21H27N3O3. The number of amides is 1. The summed E-state index contributed by atoms with van der Waals surface area (Å²) in [6.45, 7) is 9.15. The Bertz CT molecular complexity index is 900. The predicted octanol–water partition coefficient (Wildman–Crippen LogP) is 0.733. The first-order valence-electron chi connectivity index (χ1n) is 8.85. The van der Waals surface area contributed by atoms with Gasteiger partial charge < -0.3 is 20.8 Å². The molecule has 1 atom stereocenters. The summed E-state index contributed by atoms with van der Waals surface area (Å²) in [7, 11) is 0. The Morgan fingerprint density at radius 2 is 2.00 bits per heavy atom. The molecule has 1 unspecified atom stereocenters. The van der Waals surface area contributed by atoms with Crippen molar-refractivity contribution in [2.24, 2.45) is 5.73 Å².